The summed E-state index contributed by atoms with van der Waals surface area (Å²) in [6.45, 7) is 0.742. The van der Waals surface area contributed by atoms with E-state index >= 15 is 0 Å². The Morgan fingerprint density at radius 3 is 2.62 bits per heavy atom. The van der Waals surface area contributed by atoms with Crippen molar-refractivity contribution in [3.63, 3.8) is 0 Å². The first-order valence-electron chi connectivity index (χ1n) is 8.13. The number of fused-ring (bicyclic) bond motifs is 1. The van der Waals surface area contributed by atoms with Gasteiger partial charge in [-0.1, -0.05) is 40.6 Å². The first kappa shape index (κ1) is 21.6. The van der Waals surface area contributed by atoms with E-state index in [4.69, 9.17) is 32.1 Å². The topological polar surface area (TPSA) is 107 Å². The van der Waals surface area contributed by atoms with E-state index in [2.05, 4.69) is 15.6 Å². The van der Waals surface area contributed by atoms with E-state index < -0.39 is 16.1 Å². The van der Waals surface area contributed by atoms with Crippen molar-refractivity contribution >= 4 is 66.0 Å². The molecule has 29 heavy (non-hydrogen) atoms. The lowest BCUT2D eigenvalue weighted by atomic mass is 10.3. The van der Waals surface area contributed by atoms with Gasteiger partial charge in [0.1, 0.15) is 10.6 Å². The fraction of sp³-hybridized carbons (Fsp3) is 0.176. The maximum Gasteiger partial charge on any atom is 0.342 e. The number of benzene rings is 2. The van der Waals surface area contributed by atoms with Crippen LogP contribution in [0.25, 0.3) is 10.2 Å². The third-order valence-corrected chi connectivity index (χ3v) is 6.69. The molecule has 0 aliphatic heterocycles. The highest BCUT2D eigenvalue weighted by atomic mass is 35.5. The van der Waals surface area contributed by atoms with Gasteiger partial charge in [0.25, 0.3) is 0 Å². The van der Waals surface area contributed by atoms with Crippen LogP contribution in [0.4, 0.5) is 9.93 Å². The molecule has 0 atom stereocenters. The molecule has 12 heteroatoms. The molecule has 1 heterocycles. The third-order valence-electron chi connectivity index (χ3n) is 3.55. The fourth-order valence-corrected chi connectivity index (χ4v) is 5.22. The zero-order valence-corrected chi connectivity index (χ0v) is 18.1. The predicted molar refractivity (Wildman–Crippen MR) is 113 cm³/mol. The van der Waals surface area contributed by atoms with E-state index in [-0.39, 0.29) is 20.7 Å². The quantitative estimate of drug-likeness (QED) is 0.392. The minimum Gasteiger partial charge on any atom is -0.383 e. The largest absolute Gasteiger partial charge is 0.383 e. The number of nitrogens with one attached hydrogen (secondary N) is 2. The number of nitrogens with zero attached hydrogens (tertiary/aromatic N) is 1. The average molecular weight is 476 g/mol. The monoisotopic (exact) mass is 475 g/mol. The third kappa shape index (κ3) is 5.28. The molecule has 3 aromatic rings. The van der Waals surface area contributed by atoms with Gasteiger partial charge in [-0.25, -0.2) is 9.78 Å². The summed E-state index contributed by atoms with van der Waals surface area (Å²) in [4.78, 5) is 15.8. The van der Waals surface area contributed by atoms with E-state index in [1.807, 2.05) is 0 Å². The van der Waals surface area contributed by atoms with Crippen molar-refractivity contribution in [3.8, 4) is 5.75 Å². The molecule has 3 rings (SSSR count). The van der Waals surface area contributed by atoms with Crippen LogP contribution in [0.15, 0.2) is 41.3 Å². The van der Waals surface area contributed by atoms with Crippen LogP contribution in [0.5, 0.6) is 5.75 Å². The Hall–Kier alpha value is -2.11. The minimum absolute atomic E-state index is 0.0395. The van der Waals surface area contributed by atoms with E-state index in [9.17, 15) is 13.2 Å². The van der Waals surface area contributed by atoms with E-state index in [1.165, 1.54) is 48.8 Å². The van der Waals surface area contributed by atoms with Crippen LogP contribution < -0.4 is 14.8 Å². The molecular formula is C17H15Cl2N3O5S2. The van der Waals surface area contributed by atoms with Gasteiger partial charge in [-0.2, -0.15) is 8.42 Å². The highest BCUT2D eigenvalue weighted by molar-refractivity contribution is 7.87. The lowest BCUT2D eigenvalue weighted by molar-refractivity contribution is 0.198. The summed E-state index contributed by atoms with van der Waals surface area (Å²) >= 11 is 13.1. The van der Waals surface area contributed by atoms with Crippen LogP contribution >= 0.6 is 34.5 Å². The van der Waals surface area contributed by atoms with Gasteiger partial charge in [0.15, 0.2) is 5.13 Å². The van der Waals surface area contributed by atoms with Crippen LogP contribution in [0.2, 0.25) is 10.0 Å². The van der Waals surface area contributed by atoms with Gasteiger partial charge >= 0.3 is 16.1 Å². The first-order chi connectivity index (χ1) is 13.8. The standard InChI is InChI=1S/C17H15Cl2N3O5S2/c1-26-8-7-20-16(23)22-17-21-13-6-5-10(9-14(13)28-17)27-29(24,25)15-11(18)3-2-4-12(15)19/h2-6,9H,7-8H2,1H3,(H2,20,21,22,23). The van der Waals surface area contributed by atoms with Crippen LogP contribution in [0, 0.1) is 0 Å². The Kier molecular flexibility index (Phi) is 6.81. The first-order valence-corrected chi connectivity index (χ1v) is 11.1. The molecule has 0 aliphatic rings. The zero-order chi connectivity index (χ0) is 21.0. The number of ether oxygens (including phenoxy) is 1. The number of hydrogen-bond donors (Lipinski definition) is 2. The Labute approximate surface area is 180 Å². The molecule has 154 valence electrons. The van der Waals surface area contributed by atoms with E-state index in [0.717, 1.165) is 0 Å². The highest BCUT2D eigenvalue weighted by Crippen LogP contribution is 2.33. The fourth-order valence-electron chi connectivity index (χ4n) is 2.31. The number of methoxy groups -OCH3 is 1. The number of halogens is 2. The Balaban J connectivity index is 1.79. The number of hydrogen-bond acceptors (Lipinski definition) is 7. The van der Waals surface area contributed by atoms with Crippen LogP contribution in [0.1, 0.15) is 0 Å². The zero-order valence-electron chi connectivity index (χ0n) is 14.9. The second-order valence-corrected chi connectivity index (χ2v) is 8.94. The van der Waals surface area contributed by atoms with Crippen molar-refractivity contribution in [2.24, 2.45) is 0 Å². The van der Waals surface area contributed by atoms with Gasteiger partial charge in [-0.05, 0) is 24.3 Å². The number of carbonyl (C=O) groups excluding carboxylic acids is 1. The molecule has 2 N–H and O–H groups in total. The normalized spacial score (nSPS) is 11.4. The van der Waals surface area contributed by atoms with Gasteiger partial charge < -0.3 is 14.2 Å². The summed E-state index contributed by atoms with van der Waals surface area (Å²) in [7, 11) is -2.71. The van der Waals surface area contributed by atoms with Crippen LogP contribution in [-0.4, -0.2) is 39.7 Å². The van der Waals surface area contributed by atoms with Gasteiger partial charge in [0.05, 0.1) is 26.9 Å². The molecule has 0 spiro atoms. The summed E-state index contributed by atoms with van der Waals surface area (Å²) in [6.07, 6.45) is 0. The van der Waals surface area contributed by atoms with Crippen molar-refractivity contribution in [2.75, 3.05) is 25.6 Å². The van der Waals surface area contributed by atoms with Gasteiger partial charge in [0, 0.05) is 19.7 Å². The van der Waals surface area contributed by atoms with Crippen molar-refractivity contribution in [3.05, 3.63) is 46.4 Å². The number of anilines is 1. The average Bonchev–Trinajstić information content (AvgIpc) is 3.02. The van der Waals surface area contributed by atoms with Crippen molar-refractivity contribution in [1.82, 2.24) is 10.3 Å². The lowest BCUT2D eigenvalue weighted by Gasteiger charge is -2.09. The number of carbonyl (C=O) groups is 1. The molecule has 1 aromatic heterocycles. The molecule has 0 saturated carbocycles. The van der Waals surface area contributed by atoms with Gasteiger partial charge in [-0.3, -0.25) is 5.32 Å². The van der Waals surface area contributed by atoms with Crippen molar-refractivity contribution in [2.45, 2.75) is 4.90 Å². The number of urea groups is 1. The van der Waals surface area contributed by atoms with Gasteiger partial charge in [-0.15, -0.1) is 0 Å². The lowest BCUT2D eigenvalue weighted by Crippen LogP contribution is -2.31. The van der Waals surface area contributed by atoms with Crippen LogP contribution in [0.3, 0.4) is 0 Å². The molecule has 2 amide bonds. The summed E-state index contributed by atoms with van der Waals surface area (Å²) in [6, 6.07) is 8.47. The summed E-state index contributed by atoms with van der Waals surface area (Å²) in [5.41, 5.74) is 0.572. The maximum absolute atomic E-state index is 12.6. The van der Waals surface area contributed by atoms with E-state index in [0.29, 0.717) is 28.5 Å². The second kappa shape index (κ2) is 9.14. The second-order valence-electron chi connectivity index (χ2n) is 5.61. The molecule has 0 radical (unpaired) electrons. The predicted octanol–water partition coefficient (Wildman–Crippen LogP) is 4.14. The molecule has 2 aromatic carbocycles. The number of thiazole rings is 1. The Bertz CT molecular complexity index is 1130. The van der Waals surface area contributed by atoms with E-state index in [1.54, 1.807) is 6.07 Å². The van der Waals surface area contributed by atoms with Crippen molar-refractivity contribution in [1.29, 1.82) is 0 Å². The SMILES string of the molecule is COCCNC(=O)Nc1nc2ccc(OS(=O)(=O)c3c(Cl)cccc3Cl)cc2s1. The molecular weight excluding hydrogens is 461 g/mol. The molecule has 0 aliphatic carbocycles. The number of rotatable bonds is 7. The minimum atomic E-state index is -4.24. The summed E-state index contributed by atoms with van der Waals surface area (Å²) in [5.74, 6) is 0.0632. The smallest absolute Gasteiger partial charge is 0.342 e. The Morgan fingerprint density at radius 2 is 1.93 bits per heavy atom. The Morgan fingerprint density at radius 1 is 1.21 bits per heavy atom. The van der Waals surface area contributed by atoms with Crippen molar-refractivity contribution < 1.29 is 22.1 Å². The number of amides is 2. The molecule has 0 bridgehead atoms. The number of aromatic nitrogens is 1. The molecule has 0 unspecified atom stereocenters. The van der Waals surface area contributed by atoms with Gasteiger partial charge in [0.2, 0.25) is 0 Å². The summed E-state index contributed by atoms with van der Waals surface area (Å²) in [5, 5.41) is 5.49. The highest BCUT2D eigenvalue weighted by Gasteiger charge is 2.24. The molecule has 0 fully saturated rings. The maximum atomic E-state index is 12.6. The summed E-state index contributed by atoms with van der Waals surface area (Å²) < 4.78 is 35.8. The molecule has 0 saturated heterocycles. The molecule has 8 nitrogen and oxygen atoms in total. The van der Waals surface area contributed by atoms with Crippen LogP contribution in [-0.2, 0) is 14.9 Å².